The van der Waals surface area contributed by atoms with E-state index in [-0.39, 0.29) is 12.1 Å². The van der Waals surface area contributed by atoms with Crippen LogP contribution >= 0.6 is 11.3 Å². The summed E-state index contributed by atoms with van der Waals surface area (Å²) in [4.78, 5) is 1.44. The van der Waals surface area contributed by atoms with Gasteiger partial charge in [0, 0.05) is 11.4 Å². The van der Waals surface area contributed by atoms with Crippen LogP contribution in [-0.2, 0) is 5.54 Å². The van der Waals surface area contributed by atoms with Gasteiger partial charge < -0.3 is 10.4 Å². The van der Waals surface area contributed by atoms with Gasteiger partial charge in [0.25, 0.3) is 0 Å². The van der Waals surface area contributed by atoms with Crippen LogP contribution in [-0.4, -0.2) is 18.3 Å². The van der Waals surface area contributed by atoms with E-state index in [1.165, 1.54) is 37.0 Å². The molecule has 1 saturated carbocycles. The fourth-order valence-electron chi connectivity index (χ4n) is 2.51. The monoisotopic (exact) mass is 225 g/mol. The summed E-state index contributed by atoms with van der Waals surface area (Å²) >= 11 is 1.83. The maximum atomic E-state index is 8.95. The number of hydrogen-bond donors (Lipinski definition) is 2. The van der Waals surface area contributed by atoms with Crippen molar-refractivity contribution in [2.45, 2.75) is 37.6 Å². The van der Waals surface area contributed by atoms with Crippen molar-refractivity contribution in [2.75, 3.05) is 13.2 Å². The predicted molar refractivity (Wildman–Crippen MR) is 64.2 cm³/mol. The largest absolute Gasteiger partial charge is 0.395 e. The van der Waals surface area contributed by atoms with Crippen LogP contribution in [0.5, 0.6) is 0 Å². The van der Waals surface area contributed by atoms with E-state index >= 15 is 0 Å². The van der Waals surface area contributed by atoms with Gasteiger partial charge in [-0.15, -0.1) is 11.3 Å². The molecular formula is C12H19NOS. The minimum absolute atomic E-state index is 0.162. The molecule has 0 unspecified atom stereocenters. The summed E-state index contributed by atoms with van der Waals surface area (Å²) in [5, 5.41) is 14.6. The van der Waals surface area contributed by atoms with Gasteiger partial charge in [-0.1, -0.05) is 25.3 Å². The fraction of sp³-hybridized carbons (Fsp3) is 0.667. The Balaban J connectivity index is 2.14. The van der Waals surface area contributed by atoms with E-state index in [9.17, 15) is 0 Å². The first-order valence-electron chi connectivity index (χ1n) is 5.77. The quantitative estimate of drug-likeness (QED) is 0.825. The van der Waals surface area contributed by atoms with Crippen LogP contribution in [0.2, 0.25) is 0 Å². The second-order valence-corrected chi connectivity index (χ2v) is 5.22. The molecule has 1 heterocycles. The van der Waals surface area contributed by atoms with Crippen molar-refractivity contribution in [3.8, 4) is 0 Å². The Morgan fingerprint density at radius 2 is 2.13 bits per heavy atom. The lowest BCUT2D eigenvalue weighted by atomic mass is 9.80. The van der Waals surface area contributed by atoms with Crippen molar-refractivity contribution < 1.29 is 5.11 Å². The topological polar surface area (TPSA) is 32.3 Å². The van der Waals surface area contributed by atoms with Crippen LogP contribution in [0.25, 0.3) is 0 Å². The lowest BCUT2D eigenvalue weighted by molar-refractivity contribution is 0.208. The van der Waals surface area contributed by atoms with Crippen molar-refractivity contribution in [3.63, 3.8) is 0 Å². The second kappa shape index (κ2) is 5.10. The summed E-state index contributed by atoms with van der Waals surface area (Å²) in [6.45, 7) is 0.936. The molecule has 3 heteroatoms. The van der Waals surface area contributed by atoms with Gasteiger partial charge in [-0.05, 0) is 24.3 Å². The van der Waals surface area contributed by atoms with Crippen LogP contribution in [0.3, 0.4) is 0 Å². The van der Waals surface area contributed by atoms with Gasteiger partial charge in [0.1, 0.15) is 0 Å². The molecule has 0 radical (unpaired) electrons. The standard InChI is InChI=1S/C12H19NOS/c14-9-8-13-12(6-2-1-3-7-12)11-5-4-10-15-11/h4-5,10,13-14H,1-3,6-9H2. The normalized spacial score (nSPS) is 20.3. The van der Waals surface area contributed by atoms with Crippen LogP contribution < -0.4 is 5.32 Å². The van der Waals surface area contributed by atoms with Gasteiger partial charge >= 0.3 is 0 Å². The molecule has 0 spiro atoms. The first-order chi connectivity index (χ1) is 7.37. The molecule has 0 aliphatic heterocycles. The highest BCUT2D eigenvalue weighted by atomic mass is 32.1. The number of thiophene rings is 1. The third kappa shape index (κ3) is 2.41. The van der Waals surface area contributed by atoms with Crippen molar-refractivity contribution >= 4 is 11.3 Å². The van der Waals surface area contributed by atoms with Crippen LogP contribution in [0, 0.1) is 0 Å². The Morgan fingerprint density at radius 3 is 2.73 bits per heavy atom. The third-order valence-corrected chi connectivity index (χ3v) is 4.35. The molecule has 84 valence electrons. The van der Waals surface area contributed by atoms with E-state index < -0.39 is 0 Å². The molecule has 1 fully saturated rings. The zero-order valence-electron chi connectivity index (χ0n) is 9.04. The molecule has 1 aromatic heterocycles. The van der Waals surface area contributed by atoms with Crippen molar-refractivity contribution in [2.24, 2.45) is 0 Å². The summed E-state index contributed by atoms with van der Waals surface area (Å²) in [6, 6.07) is 4.34. The van der Waals surface area contributed by atoms with E-state index in [0.717, 1.165) is 0 Å². The average molecular weight is 225 g/mol. The number of aliphatic hydroxyl groups is 1. The highest BCUT2D eigenvalue weighted by Gasteiger charge is 2.33. The summed E-state index contributed by atoms with van der Waals surface area (Å²) in [6.07, 6.45) is 6.39. The average Bonchev–Trinajstić information content (AvgIpc) is 2.82. The second-order valence-electron chi connectivity index (χ2n) is 4.27. The molecule has 2 rings (SSSR count). The van der Waals surface area contributed by atoms with E-state index in [1.54, 1.807) is 0 Å². The molecule has 0 bridgehead atoms. The van der Waals surface area contributed by atoms with Gasteiger partial charge in [0.15, 0.2) is 0 Å². The van der Waals surface area contributed by atoms with Crippen molar-refractivity contribution in [1.29, 1.82) is 0 Å². The van der Waals surface area contributed by atoms with Gasteiger partial charge in [0.2, 0.25) is 0 Å². The van der Waals surface area contributed by atoms with E-state index in [4.69, 9.17) is 5.11 Å². The Hall–Kier alpha value is -0.380. The van der Waals surface area contributed by atoms with E-state index in [1.807, 2.05) is 11.3 Å². The Morgan fingerprint density at radius 1 is 1.33 bits per heavy atom. The molecule has 1 aliphatic rings. The predicted octanol–water partition coefficient (Wildman–Crippen LogP) is 2.49. The first kappa shape index (κ1) is 11.1. The molecule has 0 amide bonds. The molecule has 1 aliphatic carbocycles. The summed E-state index contributed by atoms with van der Waals surface area (Å²) in [7, 11) is 0. The molecule has 2 nitrogen and oxygen atoms in total. The zero-order valence-corrected chi connectivity index (χ0v) is 9.85. The molecule has 0 atom stereocenters. The number of hydrogen-bond acceptors (Lipinski definition) is 3. The summed E-state index contributed by atoms with van der Waals surface area (Å²) < 4.78 is 0. The minimum atomic E-state index is 0.162. The number of nitrogens with one attached hydrogen (secondary N) is 1. The van der Waals surface area contributed by atoms with Gasteiger partial charge in [-0.2, -0.15) is 0 Å². The Kier molecular flexibility index (Phi) is 3.78. The summed E-state index contributed by atoms with van der Waals surface area (Å²) in [5.74, 6) is 0. The zero-order chi connectivity index (χ0) is 10.6. The Bertz CT molecular complexity index is 278. The summed E-state index contributed by atoms with van der Waals surface area (Å²) in [5.41, 5.74) is 0.162. The molecule has 1 aromatic rings. The maximum absolute atomic E-state index is 8.95. The molecule has 15 heavy (non-hydrogen) atoms. The number of aliphatic hydroxyl groups excluding tert-OH is 1. The van der Waals surface area contributed by atoms with Crippen LogP contribution in [0.15, 0.2) is 17.5 Å². The molecule has 0 saturated heterocycles. The van der Waals surface area contributed by atoms with Gasteiger partial charge in [-0.3, -0.25) is 0 Å². The van der Waals surface area contributed by atoms with Gasteiger partial charge in [-0.25, -0.2) is 0 Å². The lowest BCUT2D eigenvalue weighted by Gasteiger charge is -2.37. The highest BCUT2D eigenvalue weighted by molar-refractivity contribution is 7.10. The Labute approximate surface area is 95.3 Å². The maximum Gasteiger partial charge on any atom is 0.0556 e. The molecule has 2 N–H and O–H groups in total. The van der Waals surface area contributed by atoms with Gasteiger partial charge in [0.05, 0.1) is 12.1 Å². The van der Waals surface area contributed by atoms with Crippen LogP contribution in [0.1, 0.15) is 37.0 Å². The number of rotatable bonds is 4. The minimum Gasteiger partial charge on any atom is -0.395 e. The fourth-order valence-corrected chi connectivity index (χ4v) is 3.47. The smallest absolute Gasteiger partial charge is 0.0556 e. The molecule has 0 aromatic carbocycles. The van der Waals surface area contributed by atoms with Crippen LogP contribution in [0.4, 0.5) is 0 Å². The van der Waals surface area contributed by atoms with Crippen molar-refractivity contribution in [1.82, 2.24) is 5.32 Å². The van der Waals surface area contributed by atoms with E-state index in [2.05, 4.69) is 22.8 Å². The van der Waals surface area contributed by atoms with E-state index in [0.29, 0.717) is 6.54 Å². The first-order valence-corrected chi connectivity index (χ1v) is 6.65. The lowest BCUT2D eigenvalue weighted by Crippen LogP contribution is -2.44. The SMILES string of the molecule is OCCNC1(c2cccs2)CCCCC1. The highest BCUT2D eigenvalue weighted by Crippen LogP contribution is 2.39. The molecular weight excluding hydrogens is 206 g/mol. The third-order valence-electron chi connectivity index (χ3n) is 3.28. The van der Waals surface area contributed by atoms with Crippen molar-refractivity contribution in [3.05, 3.63) is 22.4 Å².